The Balaban J connectivity index is 2.32. The minimum atomic E-state index is -0.877. The molecule has 94 valence electrons. The van der Waals surface area contributed by atoms with Gasteiger partial charge in [-0.1, -0.05) is 19.9 Å². The molecular formula is C14H16N2O2. The number of aromatic nitrogens is 2. The number of hydrogen-bond donors (Lipinski definition) is 1. The Hall–Kier alpha value is -1.84. The van der Waals surface area contributed by atoms with Crippen molar-refractivity contribution < 1.29 is 9.90 Å². The summed E-state index contributed by atoms with van der Waals surface area (Å²) < 4.78 is 2.14. The molecule has 0 radical (unpaired) electrons. The van der Waals surface area contributed by atoms with Gasteiger partial charge in [-0.15, -0.1) is 0 Å². The van der Waals surface area contributed by atoms with Crippen LogP contribution in [0, 0.1) is 5.92 Å². The fourth-order valence-electron chi connectivity index (χ4n) is 2.64. The maximum atomic E-state index is 11.3. The number of aromatic carboxylic acids is 1. The monoisotopic (exact) mass is 244 g/mol. The second-order valence-corrected chi connectivity index (χ2v) is 5.01. The van der Waals surface area contributed by atoms with Gasteiger partial charge in [0.05, 0.1) is 16.6 Å². The first-order chi connectivity index (χ1) is 8.63. The van der Waals surface area contributed by atoms with E-state index in [1.165, 1.54) is 0 Å². The third kappa shape index (κ3) is 1.52. The van der Waals surface area contributed by atoms with Gasteiger partial charge >= 0.3 is 5.97 Å². The van der Waals surface area contributed by atoms with Gasteiger partial charge < -0.3 is 9.67 Å². The molecule has 0 amide bonds. The van der Waals surface area contributed by atoms with Crippen LogP contribution in [0.25, 0.3) is 11.0 Å². The number of para-hydroxylation sites is 1. The van der Waals surface area contributed by atoms with Crippen molar-refractivity contribution in [1.29, 1.82) is 0 Å². The Labute approximate surface area is 105 Å². The van der Waals surface area contributed by atoms with Crippen molar-refractivity contribution in [2.45, 2.75) is 32.7 Å². The summed E-state index contributed by atoms with van der Waals surface area (Å²) in [4.78, 5) is 15.9. The van der Waals surface area contributed by atoms with Crippen molar-refractivity contribution >= 4 is 17.0 Å². The number of nitrogens with zero attached hydrogens (tertiary/aromatic N) is 2. The lowest BCUT2D eigenvalue weighted by Crippen LogP contribution is -2.05. The Bertz CT molecular complexity index is 630. The van der Waals surface area contributed by atoms with Gasteiger partial charge in [-0.05, 0) is 24.5 Å². The molecule has 1 heterocycles. The molecule has 0 saturated heterocycles. The fraction of sp³-hybridized carbons (Fsp3) is 0.429. The molecule has 1 aliphatic carbocycles. The number of aryl methyl sites for hydroxylation is 1. The zero-order chi connectivity index (χ0) is 12.9. The highest BCUT2D eigenvalue weighted by atomic mass is 16.4. The zero-order valence-corrected chi connectivity index (χ0v) is 10.6. The number of imidazole rings is 1. The van der Waals surface area contributed by atoms with E-state index in [0.29, 0.717) is 17.5 Å². The second-order valence-electron chi connectivity index (χ2n) is 5.01. The zero-order valence-electron chi connectivity index (χ0n) is 10.6. The maximum Gasteiger partial charge on any atom is 0.337 e. The SMILES string of the molecule is CCc1nc2cccc(C(=O)O)c2n1C1CC1C. The van der Waals surface area contributed by atoms with Gasteiger partial charge in [0, 0.05) is 12.5 Å². The molecule has 1 aromatic heterocycles. The molecule has 1 fully saturated rings. The van der Waals surface area contributed by atoms with Crippen LogP contribution in [0.5, 0.6) is 0 Å². The smallest absolute Gasteiger partial charge is 0.337 e. The molecule has 4 nitrogen and oxygen atoms in total. The molecule has 3 rings (SSSR count). The largest absolute Gasteiger partial charge is 0.478 e. The van der Waals surface area contributed by atoms with E-state index in [4.69, 9.17) is 0 Å². The molecule has 0 bridgehead atoms. The molecular weight excluding hydrogens is 228 g/mol. The lowest BCUT2D eigenvalue weighted by atomic mass is 10.2. The van der Waals surface area contributed by atoms with Crippen LogP contribution in [-0.4, -0.2) is 20.6 Å². The summed E-state index contributed by atoms with van der Waals surface area (Å²) in [5, 5.41) is 9.32. The molecule has 2 aromatic rings. The van der Waals surface area contributed by atoms with Gasteiger partial charge in [0.1, 0.15) is 5.82 Å². The number of carbonyl (C=O) groups is 1. The molecule has 1 saturated carbocycles. The van der Waals surface area contributed by atoms with Crippen LogP contribution in [0.2, 0.25) is 0 Å². The average molecular weight is 244 g/mol. The lowest BCUT2D eigenvalue weighted by Gasteiger charge is -2.08. The summed E-state index contributed by atoms with van der Waals surface area (Å²) in [7, 11) is 0. The van der Waals surface area contributed by atoms with Crippen LogP contribution < -0.4 is 0 Å². The van der Waals surface area contributed by atoms with Gasteiger partial charge in [0.25, 0.3) is 0 Å². The van der Waals surface area contributed by atoms with E-state index in [9.17, 15) is 9.90 Å². The predicted molar refractivity (Wildman–Crippen MR) is 68.9 cm³/mol. The van der Waals surface area contributed by atoms with Gasteiger partial charge in [-0.3, -0.25) is 0 Å². The highest BCUT2D eigenvalue weighted by Gasteiger charge is 2.37. The molecule has 4 heteroatoms. The van der Waals surface area contributed by atoms with E-state index in [-0.39, 0.29) is 0 Å². The molecule has 0 spiro atoms. The van der Waals surface area contributed by atoms with E-state index in [1.807, 2.05) is 6.07 Å². The van der Waals surface area contributed by atoms with E-state index in [1.54, 1.807) is 12.1 Å². The summed E-state index contributed by atoms with van der Waals surface area (Å²) in [6.45, 7) is 4.25. The first-order valence-corrected chi connectivity index (χ1v) is 6.36. The van der Waals surface area contributed by atoms with Crippen molar-refractivity contribution in [2.75, 3.05) is 0 Å². The molecule has 1 aromatic carbocycles. The molecule has 2 atom stereocenters. The third-order valence-electron chi connectivity index (χ3n) is 3.73. The first kappa shape index (κ1) is 11.3. The summed E-state index contributed by atoms with van der Waals surface area (Å²) >= 11 is 0. The number of hydrogen-bond acceptors (Lipinski definition) is 2. The molecule has 1 N–H and O–H groups in total. The van der Waals surface area contributed by atoms with Crippen molar-refractivity contribution in [3.63, 3.8) is 0 Å². The Kier molecular flexibility index (Phi) is 2.40. The number of carboxylic acids is 1. The van der Waals surface area contributed by atoms with Crippen LogP contribution in [0.4, 0.5) is 0 Å². The average Bonchev–Trinajstić information content (AvgIpc) is 2.94. The highest BCUT2D eigenvalue weighted by Crippen LogP contribution is 2.45. The third-order valence-corrected chi connectivity index (χ3v) is 3.73. The number of benzene rings is 1. The predicted octanol–water partition coefficient (Wildman–Crippen LogP) is 2.88. The van der Waals surface area contributed by atoms with Crippen LogP contribution >= 0.6 is 0 Å². The standard InChI is InChI=1S/C14H16N2O2/c1-3-12-15-10-6-4-5-9(14(17)18)13(10)16(12)11-7-8(11)2/h4-6,8,11H,3,7H2,1-2H3,(H,17,18). The topological polar surface area (TPSA) is 55.1 Å². The number of carboxylic acid groups (broad SMARTS) is 1. The lowest BCUT2D eigenvalue weighted by molar-refractivity contribution is 0.0698. The van der Waals surface area contributed by atoms with Gasteiger partial charge in [-0.25, -0.2) is 9.78 Å². The van der Waals surface area contributed by atoms with Gasteiger partial charge in [0.15, 0.2) is 0 Å². The van der Waals surface area contributed by atoms with Crippen molar-refractivity contribution in [3.8, 4) is 0 Å². The highest BCUT2D eigenvalue weighted by molar-refractivity contribution is 6.01. The van der Waals surface area contributed by atoms with E-state index >= 15 is 0 Å². The Morgan fingerprint density at radius 1 is 1.56 bits per heavy atom. The first-order valence-electron chi connectivity index (χ1n) is 6.36. The molecule has 1 aliphatic rings. The van der Waals surface area contributed by atoms with E-state index in [0.717, 1.165) is 29.7 Å². The van der Waals surface area contributed by atoms with Gasteiger partial charge in [0.2, 0.25) is 0 Å². The van der Waals surface area contributed by atoms with Crippen LogP contribution in [-0.2, 0) is 6.42 Å². The van der Waals surface area contributed by atoms with Crippen molar-refractivity contribution in [2.24, 2.45) is 5.92 Å². The van der Waals surface area contributed by atoms with Crippen molar-refractivity contribution in [3.05, 3.63) is 29.6 Å². The van der Waals surface area contributed by atoms with Gasteiger partial charge in [-0.2, -0.15) is 0 Å². The molecule has 0 aliphatic heterocycles. The van der Waals surface area contributed by atoms with E-state index in [2.05, 4.69) is 23.4 Å². The summed E-state index contributed by atoms with van der Waals surface area (Å²) in [5.41, 5.74) is 1.95. The molecule has 18 heavy (non-hydrogen) atoms. The number of fused-ring (bicyclic) bond motifs is 1. The van der Waals surface area contributed by atoms with Crippen LogP contribution in [0.1, 0.15) is 42.5 Å². The normalized spacial score (nSPS) is 22.3. The van der Waals surface area contributed by atoms with Crippen LogP contribution in [0.15, 0.2) is 18.2 Å². The van der Waals surface area contributed by atoms with Crippen LogP contribution in [0.3, 0.4) is 0 Å². The maximum absolute atomic E-state index is 11.3. The minimum absolute atomic E-state index is 0.360. The second kappa shape index (κ2) is 3.83. The minimum Gasteiger partial charge on any atom is -0.478 e. The molecule has 2 unspecified atom stereocenters. The quantitative estimate of drug-likeness (QED) is 0.903. The fourth-order valence-corrected chi connectivity index (χ4v) is 2.64. The van der Waals surface area contributed by atoms with Crippen molar-refractivity contribution in [1.82, 2.24) is 9.55 Å². The van der Waals surface area contributed by atoms with E-state index < -0.39 is 5.97 Å². The summed E-state index contributed by atoms with van der Waals surface area (Å²) in [5.74, 6) is 0.736. The Morgan fingerprint density at radius 2 is 2.28 bits per heavy atom. The summed E-state index contributed by atoms with van der Waals surface area (Å²) in [6, 6.07) is 5.74. The summed E-state index contributed by atoms with van der Waals surface area (Å²) in [6.07, 6.45) is 1.95. The number of rotatable bonds is 3. The Morgan fingerprint density at radius 3 is 2.83 bits per heavy atom.